The molecular weight excluding hydrogens is 364 g/mol. The van der Waals surface area contributed by atoms with Crippen LogP contribution >= 0.6 is 0 Å². The van der Waals surface area contributed by atoms with Crippen LogP contribution in [-0.2, 0) is 25.1 Å². The lowest BCUT2D eigenvalue weighted by Crippen LogP contribution is -2.26. The van der Waals surface area contributed by atoms with E-state index < -0.39 is 21.2 Å². The summed E-state index contributed by atoms with van der Waals surface area (Å²) < 4.78 is 30.0. The summed E-state index contributed by atoms with van der Waals surface area (Å²) in [5.74, 6) is -0.939. The first-order chi connectivity index (χ1) is 12.5. The highest BCUT2D eigenvalue weighted by Gasteiger charge is 2.23. The molecule has 0 aliphatic rings. The predicted octanol–water partition coefficient (Wildman–Crippen LogP) is 3.74. The second kappa shape index (κ2) is 8.05. The first kappa shape index (κ1) is 20.8. The summed E-state index contributed by atoms with van der Waals surface area (Å²) in [5, 5.41) is 0. The van der Waals surface area contributed by atoms with Crippen LogP contribution in [0.5, 0.6) is 0 Å². The Bertz CT molecular complexity index is 918. The average molecular weight is 388 g/mol. The molecule has 0 heterocycles. The van der Waals surface area contributed by atoms with E-state index in [0.29, 0.717) is 5.56 Å². The largest absolute Gasteiger partial charge is 0.454 e. The number of aryl methyl sites for hydroxylation is 1. The minimum atomic E-state index is -3.46. The molecule has 0 bridgehead atoms. The van der Waals surface area contributed by atoms with E-state index in [-0.39, 0.29) is 28.6 Å². The Balaban J connectivity index is 2.03. The van der Waals surface area contributed by atoms with Crippen molar-refractivity contribution in [2.75, 3.05) is 6.61 Å². The van der Waals surface area contributed by atoms with Gasteiger partial charge in [-0.05, 0) is 36.8 Å². The number of ketones is 1. The van der Waals surface area contributed by atoms with Crippen molar-refractivity contribution in [2.45, 2.75) is 38.3 Å². The number of hydrogen-bond donors (Lipinski definition) is 0. The van der Waals surface area contributed by atoms with E-state index in [4.69, 9.17) is 4.74 Å². The molecule has 0 spiro atoms. The zero-order chi connectivity index (χ0) is 20.2. The number of ether oxygens (including phenoxy) is 1. The lowest BCUT2D eigenvalue weighted by atomic mass is 9.91. The maximum absolute atomic E-state index is 12.5. The van der Waals surface area contributed by atoms with Gasteiger partial charge in [0, 0.05) is 5.41 Å². The minimum Gasteiger partial charge on any atom is -0.454 e. The number of benzene rings is 2. The molecule has 0 aliphatic heterocycles. The summed E-state index contributed by atoms with van der Waals surface area (Å²) in [6.07, 6.45) is 0. The van der Waals surface area contributed by atoms with Crippen molar-refractivity contribution in [1.82, 2.24) is 0 Å². The fraction of sp³-hybridized carbons (Fsp3) is 0.333. The molecule has 0 atom stereocenters. The lowest BCUT2D eigenvalue weighted by molar-refractivity contribution is -0.129. The normalized spacial score (nSPS) is 11.9. The van der Waals surface area contributed by atoms with Crippen molar-refractivity contribution >= 4 is 21.6 Å². The van der Waals surface area contributed by atoms with Gasteiger partial charge in [-0.2, -0.15) is 0 Å². The second-order valence-electron chi connectivity index (χ2n) is 7.52. The van der Waals surface area contributed by atoms with Crippen LogP contribution in [-0.4, -0.2) is 26.8 Å². The fourth-order valence-corrected chi connectivity index (χ4v) is 3.57. The smallest absolute Gasteiger partial charge is 0.338 e. The topological polar surface area (TPSA) is 77.5 Å². The van der Waals surface area contributed by atoms with E-state index in [9.17, 15) is 18.0 Å². The average Bonchev–Trinajstić information content (AvgIpc) is 2.59. The van der Waals surface area contributed by atoms with Crippen molar-refractivity contribution in [1.29, 1.82) is 0 Å². The molecule has 5 nitrogen and oxygen atoms in total. The zero-order valence-electron chi connectivity index (χ0n) is 16.0. The van der Waals surface area contributed by atoms with Crippen molar-refractivity contribution in [3.05, 3.63) is 65.2 Å². The molecule has 0 amide bonds. The molecule has 0 fully saturated rings. The Morgan fingerprint density at radius 1 is 0.926 bits per heavy atom. The molecule has 0 aromatic heterocycles. The van der Waals surface area contributed by atoms with Crippen LogP contribution < -0.4 is 0 Å². The predicted molar refractivity (Wildman–Crippen MR) is 103 cm³/mol. The van der Waals surface area contributed by atoms with Gasteiger partial charge in [-0.3, -0.25) is 4.79 Å². The molecule has 2 rings (SSSR count). The fourth-order valence-electron chi connectivity index (χ4n) is 2.22. The quantitative estimate of drug-likeness (QED) is 0.705. The van der Waals surface area contributed by atoms with Crippen LogP contribution in [0, 0.1) is 12.3 Å². The van der Waals surface area contributed by atoms with Gasteiger partial charge in [0.2, 0.25) is 0 Å². The lowest BCUT2D eigenvalue weighted by Gasteiger charge is -2.16. The highest BCUT2D eigenvalue weighted by atomic mass is 32.2. The SMILES string of the molecule is Cc1ccc(S(=O)(=O)Cc2ccc(C(=O)OCC(=O)C(C)(C)C)cc2)cc1. The molecule has 0 aliphatic carbocycles. The maximum atomic E-state index is 12.5. The summed E-state index contributed by atoms with van der Waals surface area (Å²) in [5.41, 5.74) is 1.25. The van der Waals surface area contributed by atoms with Crippen molar-refractivity contribution < 1.29 is 22.7 Å². The standard InChI is InChI=1S/C21H24O5S/c1-15-5-11-18(12-6-15)27(24,25)14-16-7-9-17(10-8-16)20(23)26-13-19(22)21(2,3)4/h5-12H,13-14H2,1-4H3. The van der Waals surface area contributed by atoms with Gasteiger partial charge in [-0.1, -0.05) is 50.6 Å². The Morgan fingerprint density at radius 2 is 1.48 bits per heavy atom. The summed E-state index contributed by atoms with van der Waals surface area (Å²) in [6, 6.07) is 12.8. The van der Waals surface area contributed by atoms with Gasteiger partial charge in [0.1, 0.15) is 0 Å². The van der Waals surface area contributed by atoms with E-state index in [0.717, 1.165) is 5.56 Å². The third kappa shape index (κ3) is 5.76. The molecule has 144 valence electrons. The van der Waals surface area contributed by atoms with Gasteiger partial charge in [0.15, 0.2) is 22.2 Å². The summed E-state index contributed by atoms with van der Waals surface area (Å²) in [4.78, 5) is 24.1. The maximum Gasteiger partial charge on any atom is 0.338 e. The van der Waals surface area contributed by atoms with E-state index >= 15 is 0 Å². The minimum absolute atomic E-state index is 0.159. The Kier molecular flexibility index (Phi) is 6.21. The van der Waals surface area contributed by atoms with Gasteiger partial charge < -0.3 is 4.74 Å². The first-order valence-corrected chi connectivity index (χ1v) is 10.2. The van der Waals surface area contributed by atoms with Crippen molar-refractivity contribution in [2.24, 2.45) is 5.41 Å². The van der Waals surface area contributed by atoms with Crippen LogP contribution in [0.15, 0.2) is 53.4 Å². The van der Waals surface area contributed by atoms with Crippen LogP contribution in [0.25, 0.3) is 0 Å². The molecule has 0 radical (unpaired) electrons. The van der Waals surface area contributed by atoms with Crippen molar-refractivity contribution in [3.8, 4) is 0 Å². The third-order valence-electron chi connectivity index (χ3n) is 4.10. The van der Waals surface area contributed by atoms with E-state index in [1.165, 1.54) is 12.1 Å². The van der Waals surface area contributed by atoms with Gasteiger partial charge in [0.25, 0.3) is 0 Å². The first-order valence-electron chi connectivity index (χ1n) is 8.58. The molecule has 0 saturated heterocycles. The molecule has 27 heavy (non-hydrogen) atoms. The van der Waals surface area contributed by atoms with Gasteiger partial charge >= 0.3 is 5.97 Å². The monoisotopic (exact) mass is 388 g/mol. The molecule has 2 aromatic rings. The summed E-state index contributed by atoms with van der Waals surface area (Å²) in [6.45, 7) is 6.88. The molecule has 2 aromatic carbocycles. The highest BCUT2D eigenvalue weighted by molar-refractivity contribution is 7.90. The number of esters is 1. The van der Waals surface area contributed by atoms with Gasteiger partial charge in [-0.25, -0.2) is 13.2 Å². The number of hydrogen-bond acceptors (Lipinski definition) is 5. The summed E-state index contributed by atoms with van der Waals surface area (Å²) >= 11 is 0. The van der Waals surface area contributed by atoms with Crippen molar-refractivity contribution in [3.63, 3.8) is 0 Å². The Morgan fingerprint density at radius 3 is 2.00 bits per heavy atom. The van der Waals surface area contributed by atoms with E-state index in [1.807, 2.05) is 6.92 Å². The number of sulfone groups is 1. The van der Waals surface area contributed by atoms with Gasteiger partial charge in [-0.15, -0.1) is 0 Å². The number of Topliss-reactive ketones (excluding diaryl/α,β-unsaturated/α-hetero) is 1. The van der Waals surface area contributed by atoms with E-state index in [1.54, 1.807) is 57.2 Å². The van der Waals surface area contributed by atoms with Crippen LogP contribution in [0.3, 0.4) is 0 Å². The second-order valence-corrected chi connectivity index (χ2v) is 9.51. The zero-order valence-corrected chi connectivity index (χ0v) is 16.8. The van der Waals surface area contributed by atoms with Crippen LogP contribution in [0.4, 0.5) is 0 Å². The van der Waals surface area contributed by atoms with E-state index in [2.05, 4.69) is 0 Å². The number of carbonyl (C=O) groups excluding carboxylic acids is 2. The number of rotatable bonds is 6. The van der Waals surface area contributed by atoms with Crippen LogP contribution in [0.2, 0.25) is 0 Å². The molecule has 0 N–H and O–H groups in total. The molecule has 6 heteroatoms. The summed E-state index contributed by atoms with van der Waals surface area (Å²) in [7, 11) is -3.46. The third-order valence-corrected chi connectivity index (χ3v) is 5.80. The molecule has 0 unspecified atom stereocenters. The Labute approximate surface area is 160 Å². The number of carbonyl (C=O) groups is 2. The Hall–Kier alpha value is -2.47. The van der Waals surface area contributed by atoms with Crippen LogP contribution in [0.1, 0.15) is 42.3 Å². The molecule has 0 saturated carbocycles. The highest BCUT2D eigenvalue weighted by Crippen LogP contribution is 2.18. The molecular formula is C21H24O5S. The van der Waals surface area contributed by atoms with Gasteiger partial charge in [0.05, 0.1) is 16.2 Å².